The Morgan fingerprint density at radius 1 is 1.57 bits per heavy atom. The van der Waals surface area contributed by atoms with Gasteiger partial charge in [-0.05, 0) is 29.9 Å². The van der Waals surface area contributed by atoms with Crippen molar-refractivity contribution in [1.29, 1.82) is 0 Å². The van der Waals surface area contributed by atoms with Crippen molar-refractivity contribution in [3.63, 3.8) is 0 Å². The normalized spacial score (nSPS) is 12.8. The van der Waals surface area contributed by atoms with Gasteiger partial charge in [-0.3, -0.25) is 0 Å². The van der Waals surface area contributed by atoms with Gasteiger partial charge in [0.15, 0.2) is 0 Å². The van der Waals surface area contributed by atoms with Crippen molar-refractivity contribution in [3.05, 3.63) is 36.5 Å². The maximum Gasteiger partial charge on any atom is 0.126 e. The molecule has 0 bridgehead atoms. The van der Waals surface area contributed by atoms with Crippen LogP contribution in [0.1, 0.15) is 31.7 Å². The minimum Gasteiger partial charge on any atom is -0.383 e. The lowest BCUT2D eigenvalue weighted by molar-refractivity contribution is 0.503. The van der Waals surface area contributed by atoms with Crippen molar-refractivity contribution in [1.82, 2.24) is 4.98 Å². The summed E-state index contributed by atoms with van der Waals surface area (Å²) < 4.78 is 0. The molecule has 1 atom stereocenters. The van der Waals surface area contributed by atoms with Crippen LogP contribution in [-0.2, 0) is 0 Å². The Morgan fingerprint density at radius 3 is 2.79 bits per heavy atom. The lowest BCUT2D eigenvalue weighted by atomic mass is 9.86. The van der Waals surface area contributed by atoms with Gasteiger partial charge in [-0.1, -0.05) is 26.0 Å². The first kappa shape index (κ1) is 10.8. The zero-order valence-corrected chi connectivity index (χ0v) is 8.90. The molecule has 0 aliphatic rings. The molecule has 0 amide bonds. The minimum absolute atomic E-state index is 0.432. The van der Waals surface area contributed by atoms with Gasteiger partial charge in [0.1, 0.15) is 5.82 Å². The van der Waals surface area contributed by atoms with Crippen molar-refractivity contribution in [3.8, 4) is 0 Å². The van der Waals surface area contributed by atoms with E-state index >= 15 is 0 Å². The molecule has 2 nitrogen and oxygen atoms in total. The first-order chi connectivity index (χ1) is 6.66. The number of nitrogens with two attached hydrogens (primary N) is 1. The smallest absolute Gasteiger partial charge is 0.126 e. The summed E-state index contributed by atoms with van der Waals surface area (Å²) in [5.74, 6) is 1.63. The predicted molar refractivity (Wildman–Crippen MR) is 61.0 cm³/mol. The van der Waals surface area contributed by atoms with Crippen molar-refractivity contribution >= 4 is 5.82 Å². The molecule has 0 aromatic carbocycles. The Labute approximate surface area is 85.9 Å². The third-order valence-electron chi connectivity index (χ3n) is 2.50. The highest BCUT2D eigenvalue weighted by Gasteiger charge is 2.16. The first-order valence-corrected chi connectivity index (χ1v) is 4.98. The monoisotopic (exact) mass is 190 g/mol. The Kier molecular flexibility index (Phi) is 3.69. The summed E-state index contributed by atoms with van der Waals surface area (Å²) in [5, 5.41) is 0. The number of nitrogen functional groups attached to an aromatic ring is 1. The van der Waals surface area contributed by atoms with Gasteiger partial charge in [0.25, 0.3) is 0 Å². The van der Waals surface area contributed by atoms with E-state index in [4.69, 9.17) is 5.73 Å². The second-order valence-corrected chi connectivity index (χ2v) is 3.85. The lowest BCUT2D eigenvalue weighted by Crippen LogP contribution is -2.09. The van der Waals surface area contributed by atoms with Gasteiger partial charge in [0, 0.05) is 6.20 Å². The van der Waals surface area contributed by atoms with Gasteiger partial charge >= 0.3 is 0 Å². The van der Waals surface area contributed by atoms with Crippen LogP contribution in [0.25, 0.3) is 0 Å². The minimum atomic E-state index is 0.432. The summed E-state index contributed by atoms with van der Waals surface area (Å²) in [4.78, 5) is 4.11. The molecule has 1 aromatic rings. The number of hydrogen-bond donors (Lipinski definition) is 1. The Morgan fingerprint density at radius 2 is 2.29 bits per heavy atom. The van der Waals surface area contributed by atoms with Crippen LogP contribution in [0.5, 0.6) is 0 Å². The summed E-state index contributed by atoms with van der Waals surface area (Å²) >= 11 is 0. The molecule has 2 N–H and O–H groups in total. The molecule has 0 aliphatic heterocycles. The van der Waals surface area contributed by atoms with Gasteiger partial charge in [-0.25, -0.2) is 4.98 Å². The molecule has 0 fully saturated rings. The number of aromatic nitrogens is 1. The van der Waals surface area contributed by atoms with E-state index < -0.39 is 0 Å². The Hall–Kier alpha value is -1.31. The molecule has 1 heterocycles. The Bertz CT molecular complexity index is 305. The number of rotatable bonds is 4. The summed E-state index contributed by atoms with van der Waals surface area (Å²) in [6.07, 6.45) is 4.62. The highest BCUT2D eigenvalue weighted by Crippen LogP contribution is 2.30. The summed E-state index contributed by atoms with van der Waals surface area (Å²) in [7, 11) is 0. The molecular formula is C12H18N2. The fourth-order valence-electron chi connectivity index (χ4n) is 1.68. The molecule has 0 spiro atoms. The number of allylic oxidation sites excluding steroid dienone is 1. The van der Waals surface area contributed by atoms with E-state index in [1.165, 1.54) is 0 Å². The average molecular weight is 190 g/mol. The number of anilines is 1. The third kappa shape index (κ3) is 2.34. The number of pyridine rings is 1. The maximum atomic E-state index is 5.84. The van der Waals surface area contributed by atoms with Crippen molar-refractivity contribution in [2.24, 2.45) is 5.92 Å². The average Bonchev–Trinajstić information content (AvgIpc) is 2.15. The van der Waals surface area contributed by atoms with Gasteiger partial charge in [-0.2, -0.15) is 0 Å². The second kappa shape index (κ2) is 4.80. The fraction of sp³-hybridized carbons (Fsp3) is 0.417. The standard InChI is InChI=1S/C12H18N2/c1-4-6-10(9(2)3)11-7-5-8-14-12(11)13/h4-5,7-10H,1,6H2,2-3H3,(H2,13,14)/t10-/m0/s1. The van der Waals surface area contributed by atoms with Crippen LogP contribution >= 0.6 is 0 Å². The number of hydrogen-bond acceptors (Lipinski definition) is 2. The van der Waals surface area contributed by atoms with Gasteiger partial charge < -0.3 is 5.73 Å². The molecule has 0 aliphatic carbocycles. The maximum absolute atomic E-state index is 5.84. The van der Waals surface area contributed by atoms with E-state index in [1.807, 2.05) is 12.1 Å². The predicted octanol–water partition coefficient (Wildman–Crippen LogP) is 2.98. The third-order valence-corrected chi connectivity index (χ3v) is 2.50. The van der Waals surface area contributed by atoms with Crippen LogP contribution in [-0.4, -0.2) is 4.98 Å². The quantitative estimate of drug-likeness (QED) is 0.741. The SMILES string of the molecule is C=CC[C@H](c1cccnc1N)C(C)C. The van der Waals surface area contributed by atoms with Crippen LogP contribution in [0.2, 0.25) is 0 Å². The van der Waals surface area contributed by atoms with E-state index in [1.54, 1.807) is 6.20 Å². The fourth-order valence-corrected chi connectivity index (χ4v) is 1.68. The van der Waals surface area contributed by atoms with Crippen LogP contribution in [0.15, 0.2) is 31.0 Å². The van der Waals surface area contributed by atoms with Crippen molar-refractivity contribution in [2.45, 2.75) is 26.2 Å². The van der Waals surface area contributed by atoms with E-state index in [9.17, 15) is 0 Å². The first-order valence-electron chi connectivity index (χ1n) is 4.98. The Balaban J connectivity index is 2.98. The lowest BCUT2D eigenvalue weighted by Gasteiger charge is -2.20. The summed E-state index contributed by atoms with van der Waals surface area (Å²) in [5.41, 5.74) is 6.99. The van der Waals surface area contributed by atoms with E-state index in [0.717, 1.165) is 12.0 Å². The molecule has 1 rings (SSSR count). The van der Waals surface area contributed by atoms with Crippen molar-refractivity contribution < 1.29 is 0 Å². The van der Waals surface area contributed by atoms with Crippen LogP contribution in [0.3, 0.4) is 0 Å². The van der Waals surface area contributed by atoms with E-state index in [2.05, 4.69) is 31.5 Å². The second-order valence-electron chi connectivity index (χ2n) is 3.85. The highest BCUT2D eigenvalue weighted by atomic mass is 14.8. The van der Waals surface area contributed by atoms with E-state index in [-0.39, 0.29) is 0 Å². The summed E-state index contributed by atoms with van der Waals surface area (Å²) in [6, 6.07) is 3.99. The van der Waals surface area contributed by atoms with Gasteiger partial charge in [0.2, 0.25) is 0 Å². The molecular weight excluding hydrogens is 172 g/mol. The zero-order chi connectivity index (χ0) is 10.6. The van der Waals surface area contributed by atoms with Crippen LogP contribution < -0.4 is 5.73 Å². The van der Waals surface area contributed by atoms with Gasteiger partial charge in [-0.15, -0.1) is 6.58 Å². The molecule has 2 heteroatoms. The molecule has 0 saturated carbocycles. The summed E-state index contributed by atoms with van der Waals surface area (Å²) in [6.45, 7) is 8.17. The molecule has 0 saturated heterocycles. The van der Waals surface area contributed by atoms with Crippen molar-refractivity contribution in [2.75, 3.05) is 5.73 Å². The zero-order valence-electron chi connectivity index (χ0n) is 8.90. The van der Waals surface area contributed by atoms with Crippen LogP contribution in [0, 0.1) is 5.92 Å². The number of nitrogens with zero attached hydrogens (tertiary/aromatic N) is 1. The van der Waals surface area contributed by atoms with Gasteiger partial charge in [0.05, 0.1) is 0 Å². The highest BCUT2D eigenvalue weighted by molar-refractivity contribution is 5.41. The molecule has 76 valence electrons. The molecule has 0 radical (unpaired) electrons. The molecule has 1 aromatic heterocycles. The topological polar surface area (TPSA) is 38.9 Å². The van der Waals surface area contributed by atoms with Crippen LogP contribution in [0.4, 0.5) is 5.82 Å². The van der Waals surface area contributed by atoms with E-state index in [0.29, 0.717) is 17.7 Å². The molecule has 14 heavy (non-hydrogen) atoms. The largest absolute Gasteiger partial charge is 0.383 e. The molecule has 0 unspecified atom stereocenters.